The molecule has 3 rings (SSSR count). The van der Waals surface area contributed by atoms with Gasteiger partial charge in [-0.3, -0.25) is 4.79 Å². The zero-order valence-corrected chi connectivity index (χ0v) is 12.5. The average Bonchev–Trinajstić information content (AvgIpc) is 2.49. The molecule has 1 aromatic heterocycles. The van der Waals surface area contributed by atoms with Gasteiger partial charge in [0.25, 0.3) is 5.91 Å². The zero-order chi connectivity index (χ0) is 13.9. The fraction of sp³-hybridized carbons (Fsp3) is 0.250. The van der Waals surface area contributed by atoms with Crippen LogP contribution in [0.2, 0.25) is 0 Å². The number of halogens is 1. The standard InChI is InChI=1S/C16H17N3O.ClH/c17-15-8-7-14(10-18-15)19-16(20)13-6-5-11-3-1-2-4-12(11)9-13;/h5-10H,1-4H2,(H2,17,18)(H,19,20);1H. The lowest BCUT2D eigenvalue weighted by Gasteiger charge is -2.16. The van der Waals surface area contributed by atoms with Crippen molar-refractivity contribution in [2.75, 3.05) is 11.1 Å². The van der Waals surface area contributed by atoms with Gasteiger partial charge in [-0.1, -0.05) is 6.07 Å². The molecule has 1 aliphatic carbocycles. The minimum Gasteiger partial charge on any atom is -0.384 e. The molecule has 110 valence electrons. The maximum Gasteiger partial charge on any atom is 0.255 e. The van der Waals surface area contributed by atoms with Gasteiger partial charge in [-0.15, -0.1) is 12.4 Å². The number of amides is 1. The Balaban J connectivity index is 0.00000161. The van der Waals surface area contributed by atoms with Crippen molar-refractivity contribution in [2.24, 2.45) is 0 Å². The summed E-state index contributed by atoms with van der Waals surface area (Å²) in [6, 6.07) is 9.39. The summed E-state index contributed by atoms with van der Waals surface area (Å²) in [5, 5.41) is 2.84. The molecule has 1 heterocycles. The quantitative estimate of drug-likeness (QED) is 0.895. The first-order chi connectivity index (χ1) is 9.72. The smallest absolute Gasteiger partial charge is 0.255 e. The highest BCUT2D eigenvalue weighted by Crippen LogP contribution is 2.22. The Morgan fingerprint density at radius 1 is 1.10 bits per heavy atom. The molecule has 0 bridgehead atoms. The van der Waals surface area contributed by atoms with E-state index in [1.807, 2.05) is 12.1 Å². The van der Waals surface area contributed by atoms with Crippen molar-refractivity contribution >= 4 is 29.8 Å². The number of benzene rings is 1. The van der Waals surface area contributed by atoms with E-state index in [-0.39, 0.29) is 18.3 Å². The normalized spacial score (nSPS) is 13.0. The van der Waals surface area contributed by atoms with E-state index in [0.717, 1.165) is 12.8 Å². The van der Waals surface area contributed by atoms with Crippen molar-refractivity contribution in [3.05, 3.63) is 53.2 Å². The second-order valence-electron chi connectivity index (χ2n) is 5.12. The van der Waals surface area contributed by atoms with Crippen LogP contribution in [0.4, 0.5) is 11.5 Å². The molecular formula is C16H18ClN3O. The molecule has 0 saturated carbocycles. The molecule has 0 saturated heterocycles. The maximum atomic E-state index is 12.2. The summed E-state index contributed by atoms with van der Waals surface area (Å²) < 4.78 is 0. The van der Waals surface area contributed by atoms with Gasteiger partial charge in [-0.25, -0.2) is 4.98 Å². The Labute approximate surface area is 130 Å². The van der Waals surface area contributed by atoms with Crippen LogP contribution in [0.1, 0.15) is 34.3 Å². The van der Waals surface area contributed by atoms with Gasteiger partial charge in [0.15, 0.2) is 0 Å². The van der Waals surface area contributed by atoms with Crippen molar-refractivity contribution < 1.29 is 4.79 Å². The van der Waals surface area contributed by atoms with Crippen molar-refractivity contribution in [3.63, 3.8) is 0 Å². The number of carbonyl (C=O) groups is 1. The molecule has 5 heteroatoms. The van der Waals surface area contributed by atoms with Gasteiger partial charge < -0.3 is 11.1 Å². The van der Waals surface area contributed by atoms with Crippen LogP contribution in [0, 0.1) is 0 Å². The van der Waals surface area contributed by atoms with Crippen LogP contribution in [0.15, 0.2) is 36.5 Å². The fourth-order valence-electron chi connectivity index (χ4n) is 2.56. The van der Waals surface area contributed by atoms with E-state index < -0.39 is 0 Å². The summed E-state index contributed by atoms with van der Waals surface area (Å²) in [6.07, 6.45) is 6.21. The summed E-state index contributed by atoms with van der Waals surface area (Å²) in [6.45, 7) is 0. The number of rotatable bonds is 2. The fourth-order valence-corrected chi connectivity index (χ4v) is 2.56. The van der Waals surface area contributed by atoms with Crippen LogP contribution in [0.25, 0.3) is 0 Å². The van der Waals surface area contributed by atoms with Gasteiger partial charge in [0.2, 0.25) is 0 Å². The van der Waals surface area contributed by atoms with Gasteiger partial charge in [0, 0.05) is 5.56 Å². The van der Waals surface area contributed by atoms with Gasteiger partial charge in [-0.2, -0.15) is 0 Å². The van der Waals surface area contributed by atoms with E-state index in [0.29, 0.717) is 17.1 Å². The van der Waals surface area contributed by atoms with Crippen LogP contribution in [-0.4, -0.2) is 10.9 Å². The predicted octanol–water partition coefficient (Wildman–Crippen LogP) is 3.22. The van der Waals surface area contributed by atoms with E-state index in [2.05, 4.69) is 16.4 Å². The van der Waals surface area contributed by atoms with Crippen molar-refractivity contribution in [3.8, 4) is 0 Å². The molecule has 1 amide bonds. The largest absolute Gasteiger partial charge is 0.384 e. The molecule has 0 atom stereocenters. The molecule has 0 aliphatic heterocycles. The highest BCUT2D eigenvalue weighted by Gasteiger charge is 2.13. The third kappa shape index (κ3) is 3.52. The number of aryl methyl sites for hydroxylation is 2. The average molecular weight is 304 g/mol. The van der Waals surface area contributed by atoms with Gasteiger partial charge in [0.05, 0.1) is 11.9 Å². The number of nitrogens with two attached hydrogens (primary N) is 1. The SMILES string of the molecule is Cl.Nc1ccc(NC(=O)c2ccc3c(c2)CCCC3)cn1. The number of anilines is 2. The Morgan fingerprint density at radius 3 is 2.57 bits per heavy atom. The number of hydrogen-bond donors (Lipinski definition) is 2. The number of hydrogen-bond acceptors (Lipinski definition) is 3. The zero-order valence-electron chi connectivity index (χ0n) is 11.6. The monoisotopic (exact) mass is 303 g/mol. The summed E-state index contributed by atoms with van der Waals surface area (Å²) in [7, 11) is 0. The molecule has 3 N–H and O–H groups in total. The predicted molar refractivity (Wildman–Crippen MR) is 86.9 cm³/mol. The lowest BCUT2D eigenvalue weighted by Crippen LogP contribution is -2.13. The van der Waals surface area contributed by atoms with Crippen LogP contribution in [-0.2, 0) is 12.8 Å². The molecule has 4 nitrogen and oxygen atoms in total. The highest BCUT2D eigenvalue weighted by atomic mass is 35.5. The number of nitrogens with zero attached hydrogens (tertiary/aromatic N) is 1. The lowest BCUT2D eigenvalue weighted by atomic mass is 9.90. The molecule has 0 unspecified atom stereocenters. The third-order valence-corrected chi connectivity index (χ3v) is 3.65. The van der Waals surface area contributed by atoms with Crippen molar-refractivity contribution in [1.29, 1.82) is 0 Å². The molecule has 0 fully saturated rings. The molecular weight excluding hydrogens is 286 g/mol. The Morgan fingerprint density at radius 2 is 1.86 bits per heavy atom. The number of aromatic nitrogens is 1. The second-order valence-corrected chi connectivity index (χ2v) is 5.12. The first kappa shape index (κ1) is 15.3. The summed E-state index contributed by atoms with van der Waals surface area (Å²) in [5.41, 5.74) is 9.55. The van der Waals surface area contributed by atoms with Gasteiger partial charge >= 0.3 is 0 Å². The van der Waals surface area contributed by atoms with Crippen molar-refractivity contribution in [1.82, 2.24) is 4.98 Å². The third-order valence-electron chi connectivity index (χ3n) is 3.65. The molecule has 0 spiro atoms. The van der Waals surface area contributed by atoms with Crippen LogP contribution in [0.5, 0.6) is 0 Å². The molecule has 1 aromatic carbocycles. The van der Waals surface area contributed by atoms with E-state index >= 15 is 0 Å². The topological polar surface area (TPSA) is 68.0 Å². The van der Waals surface area contributed by atoms with Crippen LogP contribution >= 0.6 is 12.4 Å². The van der Waals surface area contributed by atoms with E-state index in [1.54, 1.807) is 18.3 Å². The number of nitrogens with one attached hydrogen (secondary N) is 1. The number of pyridine rings is 1. The second kappa shape index (κ2) is 6.59. The Hall–Kier alpha value is -2.07. The Kier molecular flexibility index (Phi) is 4.81. The molecule has 2 aromatic rings. The highest BCUT2D eigenvalue weighted by molar-refractivity contribution is 6.04. The molecule has 21 heavy (non-hydrogen) atoms. The van der Waals surface area contributed by atoms with Crippen LogP contribution < -0.4 is 11.1 Å². The first-order valence-corrected chi connectivity index (χ1v) is 6.87. The van der Waals surface area contributed by atoms with E-state index in [1.165, 1.54) is 24.0 Å². The van der Waals surface area contributed by atoms with Gasteiger partial charge in [0.1, 0.15) is 5.82 Å². The lowest BCUT2D eigenvalue weighted by molar-refractivity contribution is 0.102. The minimum absolute atomic E-state index is 0. The number of fused-ring (bicyclic) bond motifs is 1. The number of carbonyl (C=O) groups excluding carboxylic acids is 1. The summed E-state index contributed by atoms with van der Waals surface area (Å²) in [5.74, 6) is 0.335. The molecule has 1 aliphatic rings. The number of nitrogen functional groups attached to an aromatic ring is 1. The maximum absolute atomic E-state index is 12.2. The van der Waals surface area contributed by atoms with E-state index in [9.17, 15) is 4.79 Å². The van der Waals surface area contributed by atoms with Gasteiger partial charge in [-0.05, 0) is 61.1 Å². The molecule has 0 radical (unpaired) electrons. The van der Waals surface area contributed by atoms with Crippen molar-refractivity contribution in [2.45, 2.75) is 25.7 Å². The van der Waals surface area contributed by atoms with Crippen LogP contribution in [0.3, 0.4) is 0 Å². The first-order valence-electron chi connectivity index (χ1n) is 6.87. The summed E-state index contributed by atoms with van der Waals surface area (Å²) >= 11 is 0. The Bertz CT molecular complexity index is 640. The van der Waals surface area contributed by atoms with E-state index in [4.69, 9.17) is 5.73 Å². The minimum atomic E-state index is -0.107. The summed E-state index contributed by atoms with van der Waals surface area (Å²) in [4.78, 5) is 16.2.